The molecule has 0 radical (unpaired) electrons. The van der Waals surface area contributed by atoms with E-state index in [1.54, 1.807) is 7.11 Å². The summed E-state index contributed by atoms with van der Waals surface area (Å²) in [6.07, 6.45) is 0.342. The van der Waals surface area contributed by atoms with Crippen molar-refractivity contribution >= 4 is 16.3 Å². The van der Waals surface area contributed by atoms with E-state index in [-0.39, 0.29) is 12.1 Å². The van der Waals surface area contributed by atoms with E-state index in [4.69, 9.17) is 10.5 Å². The molecule has 0 aliphatic rings. The Morgan fingerprint density at radius 1 is 1.33 bits per heavy atom. The van der Waals surface area contributed by atoms with Crippen molar-refractivity contribution in [3.05, 3.63) is 50.9 Å². The molecular formula is C13H13N5O2S. The molecule has 0 saturated heterocycles. The third-order valence-corrected chi connectivity index (χ3v) is 3.94. The summed E-state index contributed by atoms with van der Waals surface area (Å²) in [4.78, 5) is 12.8. The first-order valence-electron chi connectivity index (χ1n) is 6.29. The molecule has 0 unspecified atom stereocenters. The average Bonchev–Trinajstić information content (AvgIpc) is 2.95. The smallest absolute Gasteiger partial charge is 0.297 e. The molecule has 0 fully saturated rings. The Balaban J connectivity index is 2.05. The number of benzene rings is 1. The molecule has 0 spiro atoms. The van der Waals surface area contributed by atoms with Crippen LogP contribution in [0, 0.1) is 0 Å². The maximum absolute atomic E-state index is 12.4. The fourth-order valence-corrected chi connectivity index (χ4v) is 2.72. The van der Waals surface area contributed by atoms with Crippen LogP contribution in [-0.2, 0) is 13.0 Å². The van der Waals surface area contributed by atoms with Crippen LogP contribution in [0.1, 0.15) is 16.3 Å². The van der Waals surface area contributed by atoms with Crippen LogP contribution in [0.5, 0.6) is 5.75 Å². The number of ether oxygens (including phenoxy) is 1. The van der Waals surface area contributed by atoms with Crippen molar-refractivity contribution < 1.29 is 4.74 Å². The van der Waals surface area contributed by atoms with Gasteiger partial charge in [0.15, 0.2) is 0 Å². The van der Waals surface area contributed by atoms with E-state index in [0.29, 0.717) is 27.8 Å². The van der Waals surface area contributed by atoms with E-state index in [1.807, 2.05) is 24.3 Å². The third-order valence-electron chi connectivity index (χ3n) is 3.02. The number of nitrogens with two attached hydrogens (primary N) is 1. The first kappa shape index (κ1) is 13.7. The second kappa shape index (κ2) is 5.58. The number of methoxy groups -OCH3 is 1. The summed E-state index contributed by atoms with van der Waals surface area (Å²) in [7, 11) is 1.59. The third kappa shape index (κ3) is 2.50. The Kier molecular flexibility index (Phi) is 3.63. The highest BCUT2D eigenvalue weighted by Crippen LogP contribution is 2.19. The summed E-state index contributed by atoms with van der Waals surface area (Å²) in [5.74, 6) is 0.713. The molecule has 0 bridgehead atoms. The van der Waals surface area contributed by atoms with Gasteiger partial charge in [-0.05, 0) is 6.07 Å². The van der Waals surface area contributed by atoms with Gasteiger partial charge in [-0.15, -0.1) is 10.2 Å². The lowest BCUT2D eigenvalue weighted by Crippen LogP contribution is -2.22. The van der Waals surface area contributed by atoms with Crippen molar-refractivity contribution in [2.24, 2.45) is 5.73 Å². The number of hydrogen-bond acceptors (Lipinski definition) is 7. The average molecular weight is 303 g/mol. The van der Waals surface area contributed by atoms with Gasteiger partial charge in [0, 0.05) is 18.5 Å². The van der Waals surface area contributed by atoms with Crippen LogP contribution in [0.2, 0.25) is 0 Å². The van der Waals surface area contributed by atoms with Crippen LogP contribution in [0.15, 0.2) is 29.1 Å². The lowest BCUT2D eigenvalue weighted by molar-refractivity contribution is 0.410. The standard InChI is InChI=1S/C13H13N5O2S/c1-20-10-5-3-2-4-8(10)6-9-12(19)18-13(16-15-9)21-11(7-14)17-18/h2-5H,6-7,14H2,1H3. The Bertz CT molecular complexity index is 842. The number of nitrogens with zero attached hydrogens (tertiary/aromatic N) is 4. The van der Waals surface area contributed by atoms with E-state index in [2.05, 4.69) is 15.3 Å². The fourth-order valence-electron chi connectivity index (χ4n) is 2.01. The number of rotatable bonds is 4. The molecule has 2 heterocycles. The van der Waals surface area contributed by atoms with E-state index in [0.717, 1.165) is 5.56 Å². The molecule has 0 aliphatic carbocycles. The second-order valence-electron chi connectivity index (χ2n) is 4.33. The van der Waals surface area contributed by atoms with Crippen molar-refractivity contribution in [1.82, 2.24) is 19.8 Å². The quantitative estimate of drug-likeness (QED) is 0.758. The lowest BCUT2D eigenvalue weighted by Gasteiger charge is -2.06. The molecule has 2 aromatic heterocycles. The van der Waals surface area contributed by atoms with Gasteiger partial charge in [-0.1, -0.05) is 29.5 Å². The lowest BCUT2D eigenvalue weighted by atomic mass is 10.1. The van der Waals surface area contributed by atoms with Crippen molar-refractivity contribution in [2.75, 3.05) is 7.11 Å². The maximum atomic E-state index is 12.4. The van der Waals surface area contributed by atoms with Gasteiger partial charge in [0.2, 0.25) is 4.96 Å². The Labute approximate surface area is 124 Å². The zero-order chi connectivity index (χ0) is 14.8. The molecule has 0 saturated carbocycles. The largest absolute Gasteiger partial charge is 0.496 e. The highest BCUT2D eigenvalue weighted by atomic mass is 32.1. The van der Waals surface area contributed by atoms with E-state index in [9.17, 15) is 4.79 Å². The normalized spacial score (nSPS) is 11.0. The van der Waals surface area contributed by atoms with Gasteiger partial charge in [0.1, 0.15) is 16.5 Å². The van der Waals surface area contributed by atoms with Crippen LogP contribution in [0.4, 0.5) is 0 Å². The molecule has 0 amide bonds. The number of fused-ring (bicyclic) bond motifs is 1. The van der Waals surface area contributed by atoms with Gasteiger partial charge in [-0.3, -0.25) is 4.79 Å². The molecule has 3 rings (SSSR count). The van der Waals surface area contributed by atoms with Crippen LogP contribution >= 0.6 is 11.3 Å². The minimum atomic E-state index is -0.276. The number of para-hydroxylation sites is 1. The summed E-state index contributed by atoms with van der Waals surface area (Å²) in [5.41, 5.74) is 6.46. The molecule has 1 aromatic carbocycles. The van der Waals surface area contributed by atoms with Crippen LogP contribution in [0.3, 0.4) is 0 Å². The summed E-state index contributed by atoms with van der Waals surface area (Å²) in [6.45, 7) is 0.273. The second-order valence-corrected chi connectivity index (χ2v) is 5.38. The zero-order valence-electron chi connectivity index (χ0n) is 11.3. The van der Waals surface area contributed by atoms with Gasteiger partial charge in [0.25, 0.3) is 5.56 Å². The molecule has 108 valence electrons. The van der Waals surface area contributed by atoms with E-state index >= 15 is 0 Å². The van der Waals surface area contributed by atoms with Gasteiger partial charge in [-0.25, -0.2) is 0 Å². The zero-order valence-corrected chi connectivity index (χ0v) is 12.1. The Hall–Kier alpha value is -2.32. The van der Waals surface area contributed by atoms with Crippen molar-refractivity contribution in [3.8, 4) is 5.75 Å². The van der Waals surface area contributed by atoms with Crippen LogP contribution in [0.25, 0.3) is 4.96 Å². The van der Waals surface area contributed by atoms with E-state index < -0.39 is 0 Å². The number of aromatic nitrogens is 4. The monoisotopic (exact) mass is 303 g/mol. The molecule has 2 N–H and O–H groups in total. The Morgan fingerprint density at radius 3 is 2.90 bits per heavy atom. The van der Waals surface area contributed by atoms with Gasteiger partial charge >= 0.3 is 0 Å². The first-order chi connectivity index (χ1) is 10.2. The van der Waals surface area contributed by atoms with Crippen molar-refractivity contribution in [2.45, 2.75) is 13.0 Å². The van der Waals surface area contributed by atoms with Gasteiger partial charge in [0.05, 0.1) is 7.11 Å². The van der Waals surface area contributed by atoms with Crippen LogP contribution < -0.4 is 16.0 Å². The predicted molar refractivity (Wildman–Crippen MR) is 78.6 cm³/mol. The summed E-state index contributed by atoms with van der Waals surface area (Å²) < 4.78 is 6.53. The highest BCUT2D eigenvalue weighted by Gasteiger charge is 2.13. The number of hydrogen-bond donors (Lipinski definition) is 1. The van der Waals surface area contributed by atoms with E-state index in [1.165, 1.54) is 15.9 Å². The van der Waals surface area contributed by atoms with Gasteiger partial charge in [-0.2, -0.15) is 9.61 Å². The molecule has 3 aromatic rings. The maximum Gasteiger partial charge on any atom is 0.297 e. The fraction of sp³-hybridized carbons (Fsp3) is 0.231. The highest BCUT2D eigenvalue weighted by molar-refractivity contribution is 7.16. The molecule has 21 heavy (non-hydrogen) atoms. The SMILES string of the molecule is COc1ccccc1Cc1nnc2sc(CN)nn2c1=O. The Morgan fingerprint density at radius 2 is 2.14 bits per heavy atom. The summed E-state index contributed by atoms with van der Waals surface area (Å²) >= 11 is 1.26. The minimum absolute atomic E-state index is 0.273. The summed E-state index contributed by atoms with van der Waals surface area (Å²) in [5, 5.41) is 12.8. The van der Waals surface area contributed by atoms with Crippen molar-refractivity contribution in [1.29, 1.82) is 0 Å². The van der Waals surface area contributed by atoms with Gasteiger partial charge < -0.3 is 10.5 Å². The molecular weight excluding hydrogens is 290 g/mol. The predicted octanol–water partition coefficient (Wildman–Crippen LogP) is 0.604. The molecule has 8 heteroatoms. The van der Waals surface area contributed by atoms with Crippen molar-refractivity contribution in [3.63, 3.8) is 0 Å². The molecule has 7 nitrogen and oxygen atoms in total. The van der Waals surface area contributed by atoms with Crippen LogP contribution in [-0.4, -0.2) is 26.9 Å². The molecule has 0 atom stereocenters. The first-order valence-corrected chi connectivity index (χ1v) is 7.11. The minimum Gasteiger partial charge on any atom is -0.496 e. The topological polar surface area (TPSA) is 95.4 Å². The summed E-state index contributed by atoms with van der Waals surface area (Å²) in [6, 6.07) is 7.49. The molecule has 0 aliphatic heterocycles.